The van der Waals surface area contributed by atoms with Gasteiger partial charge in [-0.1, -0.05) is 31.2 Å². The molecular weight excluding hydrogens is 170 g/mol. The maximum absolute atomic E-state index is 3.43. The SMILES string of the molecule is CC1C=CC(NC2=CCCC=C2)=CC1. The molecular formula is C13H17N. The normalized spacial score (nSPS) is 25.6. The van der Waals surface area contributed by atoms with Gasteiger partial charge in [-0.3, -0.25) is 0 Å². The van der Waals surface area contributed by atoms with Crippen molar-refractivity contribution >= 4 is 0 Å². The standard InChI is InChI=1S/C13H17N/c1-11-7-9-13(10-8-11)14-12-5-3-2-4-6-12/h3,5-7,9-11,14H,2,4,8H2,1H3. The number of rotatable bonds is 2. The van der Waals surface area contributed by atoms with E-state index in [0.29, 0.717) is 5.92 Å². The van der Waals surface area contributed by atoms with E-state index in [0.717, 1.165) is 12.8 Å². The molecule has 0 saturated carbocycles. The lowest BCUT2D eigenvalue weighted by molar-refractivity contribution is 0.722. The van der Waals surface area contributed by atoms with Gasteiger partial charge in [-0.25, -0.2) is 0 Å². The van der Waals surface area contributed by atoms with Gasteiger partial charge in [0.2, 0.25) is 0 Å². The summed E-state index contributed by atoms with van der Waals surface area (Å²) in [6, 6.07) is 0. The highest BCUT2D eigenvalue weighted by Crippen LogP contribution is 2.16. The number of allylic oxidation sites excluding steroid dienone is 6. The van der Waals surface area contributed by atoms with E-state index >= 15 is 0 Å². The fraction of sp³-hybridized carbons (Fsp3) is 0.385. The van der Waals surface area contributed by atoms with Gasteiger partial charge >= 0.3 is 0 Å². The van der Waals surface area contributed by atoms with Gasteiger partial charge in [0, 0.05) is 11.4 Å². The third-order valence-corrected chi connectivity index (χ3v) is 2.60. The zero-order valence-electron chi connectivity index (χ0n) is 8.66. The summed E-state index contributed by atoms with van der Waals surface area (Å²) in [5.41, 5.74) is 2.47. The average Bonchev–Trinajstić information content (AvgIpc) is 2.23. The predicted octanol–water partition coefficient (Wildman–Crippen LogP) is 3.29. The van der Waals surface area contributed by atoms with Gasteiger partial charge in [0.05, 0.1) is 0 Å². The van der Waals surface area contributed by atoms with Gasteiger partial charge in [-0.2, -0.15) is 0 Å². The Morgan fingerprint density at radius 1 is 1.14 bits per heavy atom. The Labute approximate surface area is 85.9 Å². The lowest BCUT2D eigenvalue weighted by Crippen LogP contribution is -2.13. The third-order valence-electron chi connectivity index (χ3n) is 2.60. The van der Waals surface area contributed by atoms with Gasteiger partial charge < -0.3 is 5.32 Å². The molecule has 0 fully saturated rings. The van der Waals surface area contributed by atoms with Crippen molar-refractivity contribution in [1.82, 2.24) is 5.32 Å². The summed E-state index contributed by atoms with van der Waals surface area (Å²) in [5.74, 6) is 0.691. The molecule has 0 spiro atoms. The van der Waals surface area contributed by atoms with E-state index in [1.807, 2.05) is 0 Å². The largest absolute Gasteiger partial charge is 0.356 e. The van der Waals surface area contributed by atoms with Crippen molar-refractivity contribution in [2.24, 2.45) is 5.92 Å². The summed E-state index contributed by atoms with van der Waals surface area (Å²) >= 11 is 0. The van der Waals surface area contributed by atoms with E-state index < -0.39 is 0 Å². The summed E-state index contributed by atoms with van der Waals surface area (Å²) in [6.45, 7) is 2.24. The molecule has 0 amide bonds. The maximum atomic E-state index is 3.43. The Kier molecular flexibility index (Phi) is 2.87. The first-order valence-corrected chi connectivity index (χ1v) is 5.37. The van der Waals surface area contributed by atoms with E-state index in [9.17, 15) is 0 Å². The number of hydrogen-bond donors (Lipinski definition) is 1. The van der Waals surface area contributed by atoms with E-state index in [4.69, 9.17) is 0 Å². The zero-order chi connectivity index (χ0) is 9.80. The van der Waals surface area contributed by atoms with Crippen LogP contribution in [-0.2, 0) is 0 Å². The first-order valence-electron chi connectivity index (χ1n) is 5.37. The fourth-order valence-electron chi connectivity index (χ4n) is 1.69. The number of hydrogen-bond acceptors (Lipinski definition) is 1. The second kappa shape index (κ2) is 4.32. The van der Waals surface area contributed by atoms with Crippen LogP contribution in [0, 0.1) is 5.92 Å². The molecule has 14 heavy (non-hydrogen) atoms. The molecule has 1 atom stereocenters. The molecule has 0 heterocycles. The first-order chi connectivity index (χ1) is 6.84. The third kappa shape index (κ3) is 2.38. The molecule has 1 unspecified atom stereocenters. The van der Waals surface area contributed by atoms with Crippen LogP contribution in [0.4, 0.5) is 0 Å². The molecule has 2 aliphatic carbocycles. The first kappa shape index (κ1) is 9.32. The molecule has 0 aromatic heterocycles. The molecule has 0 aromatic carbocycles. The summed E-state index contributed by atoms with van der Waals surface area (Å²) in [7, 11) is 0. The lowest BCUT2D eigenvalue weighted by atomic mass is 10.0. The van der Waals surface area contributed by atoms with Crippen molar-refractivity contribution in [2.75, 3.05) is 0 Å². The monoisotopic (exact) mass is 187 g/mol. The van der Waals surface area contributed by atoms with Crippen LogP contribution in [0.15, 0.2) is 47.9 Å². The van der Waals surface area contributed by atoms with Gasteiger partial charge in [0.15, 0.2) is 0 Å². The molecule has 0 saturated heterocycles. The van der Waals surface area contributed by atoms with Crippen molar-refractivity contribution in [3.63, 3.8) is 0 Å². The molecule has 0 aliphatic heterocycles. The van der Waals surface area contributed by atoms with E-state index in [1.165, 1.54) is 17.8 Å². The minimum atomic E-state index is 0.691. The minimum Gasteiger partial charge on any atom is -0.356 e. The highest BCUT2D eigenvalue weighted by Gasteiger charge is 2.04. The lowest BCUT2D eigenvalue weighted by Gasteiger charge is -2.15. The van der Waals surface area contributed by atoms with Crippen molar-refractivity contribution in [2.45, 2.75) is 26.2 Å². The second-order valence-electron chi connectivity index (χ2n) is 4.00. The van der Waals surface area contributed by atoms with Crippen LogP contribution in [-0.4, -0.2) is 0 Å². The van der Waals surface area contributed by atoms with Gasteiger partial charge in [0.1, 0.15) is 0 Å². The summed E-state index contributed by atoms with van der Waals surface area (Å²) in [6.07, 6.45) is 16.8. The van der Waals surface area contributed by atoms with Crippen LogP contribution in [0.1, 0.15) is 26.2 Å². The van der Waals surface area contributed by atoms with Crippen molar-refractivity contribution in [1.29, 1.82) is 0 Å². The highest BCUT2D eigenvalue weighted by atomic mass is 14.9. The topological polar surface area (TPSA) is 12.0 Å². The van der Waals surface area contributed by atoms with Crippen LogP contribution in [0.3, 0.4) is 0 Å². The molecule has 2 aliphatic rings. The van der Waals surface area contributed by atoms with Crippen LogP contribution in [0.25, 0.3) is 0 Å². The van der Waals surface area contributed by atoms with Crippen LogP contribution >= 0.6 is 0 Å². The maximum Gasteiger partial charge on any atom is 0.0340 e. The second-order valence-corrected chi connectivity index (χ2v) is 4.00. The summed E-state index contributed by atoms with van der Waals surface area (Å²) in [4.78, 5) is 0. The Bertz CT molecular complexity index is 318. The van der Waals surface area contributed by atoms with Crippen LogP contribution in [0.2, 0.25) is 0 Å². The summed E-state index contributed by atoms with van der Waals surface area (Å²) < 4.78 is 0. The molecule has 0 bridgehead atoms. The minimum absolute atomic E-state index is 0.691. The van der Waals surface area contributed by atoms with Gasteiger partial charge in [-0.15, -0.1) is 0 Å². The van der Waals surface area contributed by atoms with E-state index in [-0.39, 0.29) is 0 Å². The van der Waals surface area contributed by atoms with Crippen LogP contribution in [0.5, 0.6) is 0 Å². The van der Waals surface area contributed by atoms with Crippen LogP contribution < -0.4 is 5.32 Å². The molecule has 1 nitrogen and oxygen atoms in total. The Morgan fingerprint density at radius 3 is 2.64 bits per heavy atom. The molecule has 74 valence electrons. The van der Waals surface area contributed by atoms with E-state index in [1.54, 1.807) is 0 Å². The molecule has 0 radical (unpaired) electrons. The zero-order valence-corrected chi connectivity index (χ0v) is 8.66. The van der Waals surface area contributed by atoms with Crippen molar-refractivity contribution < 1.29 is 0 Å². The summed E-state index contributed by atoms with van der Waals surface area (Å²) in [5, 5.41) is 3.43. The average molecular weight is 187 g/mol. The Hall–Kier alpha value is -1.24. The Morgan fingerprint density at radius 2 is 2.00 bits per heavy atom. The quantitative estimate of drug-likeness (QED) is 0.699. The highest BCUT2D eigenvalue weighted by molar-refractivity contribution is 5.31. The van der Waals surface area contributed by atoms with Crippen molar-refractivity contribution in [3.8, 4) is 0 Å². The fourth-order valence-corrected chi connectivity index (χ4v) is 1.69. The Balaban J connectivity index is 1.95. The number of nitrogens with one attached hydrogen (secondary N) is 1. The predicted molar refractivity (Wildman–Crippen MR) is 60.6 cm³/mol. The van der Waals surface area contributed by atoms with E-state index in [2.05, 4.69) is 48.7 Å². The molecule has 2 rings (SSSR count). The molecule has 0 aromatic rings. The van der Waals surface area contributed by atoms with Gasteiger partial charge in [0.25, 0.3) is 0 Å². The molecule has 1 heteroatoms. The van der Waals surface area contributed by atoms with Gasteiger partial charge in [-0.05, 0) is 37.3 Å². The molecule has 1 N–H and O–H groups in total. The van der Waals surface area contributed by atoms with Crippen molar-refractivity contribution in [3.05, 3.63) is 47.9 Å². The smallest absolute Gasteiger partial charge is 0.0340 e.